The van der Waals surface area contributed by atoms with E-state index in [1.807, 2.05) is 53.1 Å². The van der Waals surface area contributed by atoms with Crippen LogP contribution in [0.4, 0.5) is 17.5 Å². The Balaban J connectivity index is 0.000000111. The zero-order valence-electron chi connectivity index (χ0n) is 43.0. The molecule has 3 aliphatic carbocycles. The first-order valence-corrected chi connectivity index (χ1v) is 28.9. The van der Waals surface area contributed by atoms with Crippen LogP contribution < -0.4 is 16.0 Å². The lowest BCUT2D eigenvalue weighted by Crippen LogP contribution is -2.08. The maximum absolute atomic E-state index is 5.39. The Kier molecular flexibility index (Phi) is 13.6. The Labute approximate surface area is 461 Å². The maximum atomic E-state index is 5.39. The number of imidazole rings is 1. The van der Waals surface area contributed by atoms with Gasteiger partial charge >= 0.3 is 0 Å². The largest absolute Gasteiger partial charge is 0.363 e. The summed E-state index contributed by atoms with van der Waals surface area (Å²) >= 11 is 4.88. The summed E-state index contributed by atoms with van der Waals surface area (Å²) in [5, 5.41) is 32.9. The molecule has 3 unspecified atom stereocenters. The zero-order valence-corrected chi connectivity index (χ0v) is 45.5. The van der Waals surface area contributed by atoms with Crippen molar-refractivity contribution < 1.29 is 4.52 Å². The lowest BCUT2D eigenvalue weighted by Gasteiger charge is -2.16. The van der Waals surface area contributed by atoms with Crippen molar-refractivity contribution in [3.63, 3.8) is 0 Å². The first kappa shape index (κ1) is 49.3. The minimum Gasteiger partial charge on any atom is -0.363 e. The van der Waals surface area contributed by atoms with Gasteiger partial charge in [-0.1, -0.05) is 53.7 Å². The Morgan fingerprint density at radius 3 is 1.51 bits per heavy atom. The second-order valence-corrected chi connectivity index (χ2v) is 22.7. The number of benzene rings is 3. The minimum atomic E-state index is 0.117. The third kappa shape index (κ3) is 10.8. The Hall–Kier alpha value is -8.33. The molecule has 0 bridgehead atoms. The van der Waals surface area contributed by atoms with E-state index < -0.39 is 0 Å². The number of nitrogens with one attached hydrogen (secondary N) is 3. The van der Waals surface area contributed by atoms with E-state index in [-0.39, 0.29) is 18.1 Å². The van der Waals surface area contributed by atoms with Gasteiger partial charge in [-0.15, -0.1) is 34.0 Å². The molecule has 3 fully saturated rings. The molecule has 0 amide bonds. The summed E-state index contributed by atoms with van der Waals surface area (Å²) in [5.74, 6) is 5.17. The van der Waals surface area contributed by atoms with Crippen LogP contribution in [-0.2, 0) is 0 Å². The van der Waals surface area contributed by atoms with E-state index in [1.165, 1.54) is 60.9 Å². The van der Waals surface area contributed by atoms with Crippen molar-refractivity contribution in [1.29, 1.82) is 0 Å². The van der Waals surface area contributed by atoms with Crippen LogP contribution >= 0.6 is 34.0 Å². The molecule has 3 atom stereocenters. The lowest BCUT2D eigenvalue weighted by atomic mass is 10.0. The summed E-state index contributed by atoms with van der Waals surface area (Å²) in [6.45, 7) is 6.41. The van der Waals surface area contributed by atoms with Gasteiger partial charge < -0.3 is 25.0 Å². The Morgan fingerprint density at radius 1 is 0.538 bits per heavy atom. The molecule has 0 radical (unpaired) electrons. The normalized spacial score (nSPS) is 15.3. The number of hydrogen-bond acceptors (Lipinski definition) is 18. The highest BCUT2D eigenvalue weighted by Crippen LogP contribution is 2.41. The van der Waals surface area contributed by atoms with E-state index in [0.717, 1.165) is 76.4 Å². The van der Waals surface area contributed by atoms with Crippen molar-refractivity contribution in [3.05, 3.63) is 173 Å². The molecule has 17 nitrogen and oxygen atoms in total. The lowest BCUT2D eigenvalue weighted by molar-refractivity contribution is 0.422. The number of hydrogen-bond donors (Lipinski definition) is 3. The van der Waals surface area contributed by atoms with Crippen LogP contribution in [0.15, 0.2) is 149 Å². The van der Waals surface area contributed by atoms with Gasteiger partial charge in [0.25, 0.3) is 5.89 Å². The van der Waals surface area contributed by atoms with Crippen LogP contribution in [-0.4, -0.2) is 64.6 Å². The van der Waals surface area contributed by atoms with Crippen molar-refractivity contribution in [2.75, 3.05) is 16.0 Å². The molecule has 78 heavy (non-hydrogen) atoms. The minimum absolute atomic E-state index is 0.117. The smallest absolute Gasteiger partial charge is 0.257 e. The maximum Gasteiger partial charge on any atom is 0.257 e. The van der Waals surface area contributed by atoms with E-state index >= 15 is 0 Å². The fourth-order valence-electron chi connectivity index (χ4n) is 9.33. The van der Waals surface area contributed by atoms with E-state index in [0.29, 0.717) is 23.8 Å². The van der Waals surface area contributed by atoms with Gasteiger partial charge in [0.05, 0.1) is 52.0 Å². The summed E-state index contributed by atoms with van der Waals surface area (Å²) in [4.78, 5) is 39.7. The summed E-state index contributed by atoms with van der Waals surface area (Å²) in [5.41, 5.74) is 9.03. The SMILES string of the molecule is CC(Nc1ncnc2sccc12)c1ccc(-c2cncn2C2CC2)cc1.CC(Nc1ncnc2sccc12)c1ccc(-c2nc(C3CC3)no2)cc1.CC(Nc1ncnc2sccc12)c1ccc(-n2ncc(C3CC3)n2)cc1. The van der Waals surface area contributed by atoms with Gasteiger partial charge in [0.2, 0.25) is 0 Å². The predicted molar refractivity (Wildman–Crippen MR) is 309 cm³/mol. The van der Waals surface area contributed by atoms with Crippen molar-refractivity contribution in [2.24, 2.45) is 0 Å². The molecular formula is C58H54N16OS3. The third-order valence-electron chi connectivity index (χ3n) is 14.3. The zero-order chi connectivity index (χ0) is 52.5. The number of anilines is 3. The number of rotatable bonds is 15. The first-order chi connectivity index (χ1) is 38.3. The molecule has 20 heteroatoms. The van der Waals surface area contributed by atoms with E-state index in [2.05, 4.69) is 169 Å². The van der Waals surface area contributed by atoms with Crippen LogP contribution in [0.1, 0.15) is 124 Å². The monoisotopic (exact) mass is 1090 g/mol. The molecule has 12 aromatic rings. The van der Waals surface area contributed by atoms with Gasteiger partial charge in [0.15, 0.2) is 5.82 Å². The van der Waals surface area contributed by atoms with Crippen molar-refractivity contribution in [3.8, 4) is 28.4 Å². The highest BCUT2D eigenvalue weighted by atomic mass is 32.1. The molecule has 3 aromatic carbocycles. The van der Waals surface area contributed by atoms with Gasteiger partial charge in [0.1, 0.15) is 50.9 Å². The standard InChI is InChI=1S/C20H19N5S.C19H18N6S.C19H17N5OS/c1-13(24-19-17-8-9-26-20(17)23-11-22-19)14-2-4-15(5-3-14)18-10-21-12-25(18)16-6-7-16;1-12(23-18-16-8-9-26-19(16)21-11-20-18)13-4-6-15(7-5-13)25-22-10-17(24-25)14-2-3-14;1-11(22-17-15-8-9-26-19(15)21-10-20-17)12-2-6-14(7-3-12)18-23-16(24-25-18)13-4-5-13/h2-5,8-13,16H,6-7H2,1H3,(H,22,23,24);4-12,14H,2-3H2,1H3,(H,20,21,23);2-3,6-11,13H,4-5H2,1H3,(H,20,21,22). The second kappa shape index (κ2) is 21.6. The summed E-state index contributed by atoms with van der Waals surface area (Å²) in [7, 11) is 0. The summed E-state index contributed by atoms with van der Waals surface area (Å²) in [6.07, 6.45) is 18.0. The van der Waals surface area contributed by atoms with Crippen LogP contribution in [0.25, 0.3) is 59.0 Å². The molecule has 3 aliphatic rings. The van der Waals surface area contributed by atoms with Gasteiger partial charge in [-0.25, -0.2) is 34.9 Å². The molecular weight excluding hydrogens is 1030 g/mol. The first-order valence-electron chi connectivity index (χ1n) is 26.3. The van der Waals surface area contributed by atoms with E-state index in [9.17, 15) is 0 Å². The second-order valence-electron chi connectivity index (χ2n) is 20.0. The highest BCUT2D eigenvalue weighted by molar-refractivity contribution is 7.17. The molecule has 9 heterocycles. The number of nitrogens with zero attached hydrogens (tertiary/aromatic N) is 13. The third-order valence-corrected chi connectivity index (χ3v) is 16.8. The summed E-state index contributed by atoms with van der Waals surface area (Å²) < 4.78 is 7.69. The van der Waals surface area contributed by atoms with E-state index in [4.69, 9.17) is 4.52 Å². The van der Waals surface area contributed by atoms with Crippen molar-refractivity contribution in [1.82, 2.24) is 64.6 Å². The van der Waals surface area contributed by atoms with E-state index in [1.54, 1.807) is 57.8 Å². The molecule has 0 saturated heterocycles. The van der Waals surface area contributed by atoms with Gasteiger partial charge in [-0.3, -0.25) is 0 Å². The van der Waals surface area contributed by atoms with Gasteiger partial charge in [-0.2, -0.15) is 20.0 Å². The highest BCUT2D eigenvalue weighted by Gasteiger charge is 2.30. The molecule has 390 valence electrons. The van der Waals surface area contributed by atoms with Gasteiger partial charge in [0, 0.05) is 41.6 Å². The molecule has 0 spiro atoms. The number of aromatic nitrogens is 13. The average molecular weight is 1090 g/mol. The number of thiophene rings is 3. The summed E-state index contributed by atoms with van der Waals surface area (Å²) in [6, 6.07) is 32.5. The molecule has 9 aromatic heterocycles. The van der Waals surface area contributed by atoms with Crippen molar-refractivity contribution in [2.45, 2.75) is 95.3 Å². The Bertz CT molecular complexity index is 3790. The molecule has 15 rings (SSSR count). The van der Waals surface area contributed by atoms with Crippen LogP contribution in [0.2, 0.25) is 0 Å². The fraction of sp³-hybridized carbons (Fsp3) is 0.259. The van der Waals surface area contributed by atoms with Gasteiger partial charge in [-0.05, 0) is 140 Å². The quantitative estimate of drug-likeness (QED) is 0.0874. The molecule has 0 aliphatic heterocycles. The topological polar surface area (TPSA) is 201 Å². The van der Waals surface area contributed by atoms with Crippen LogP contribution in [0.3, 0.4) is 0 Å². The van der Waals surface area contributed by atoms with Crippen LogP contribution in [0.5, 0.6) is 0 Å². The predicted octanol–water partition coefficient (Wildman–Crippen LogP) is 14.2. The molecule has 3 saturated carbocycles. The number of fused-ring (bicyclic) bond motifs is 3. The average Bonchev–Trinajstić information content (AvgIpc) is 4.37. The van der Waals surface area contributed by atoms with Crippen molar-refractivity contribution >= 4 is 82.1 Å². The van der Waals surface area contributed by atoms with Crippen LogP contribution in [0, 0.1) is 0 Å². The molecule has 3 N–H and O–H groups in total. The fourth-order valence-corrected chi connectivity index (χ4v) is 11.5. The Morgan fingerprint density at radius 2 is 1.03 bits per heavy atom.